The highest BCUT2D eigenvalue weighted by Gasteiger charge is 2.30. The Kier molecular flexibility index (Phi) is 9.31. The van der Waals surface area contributed by atoms with Crippen LogP contribution in [0.3, 0.4) is 0 Å². The zero-order valence-corrected chi connectivity index (χ0v) is 18.1. The second-order valence-corrected chi connectivity index (χ2v) is 7.00. The molecule has 0 bridgehead atoms. The van der Waals surface area contributed by atoms with Gasteiger partial charge in [-0.05, 0) is 24.5 Å². The number of nitro benzene ring substituents is 3. The lowest BCUT2D eigenvalue weighted by Crippen LogP contribution is -2.23. The number of phenols is 1. The molecule has 178 valence electrons. The molecule has 2 aromatic carbocycles. The Bertz CT molecular complexity index is 1050. The SMILES string of the molecule is CCCC(Cc1ccccc1)Nc1ncccn1.O=[N+]([O-])c1cc([N+](=O)[O-])c(O)c([N+](=O)[O-])c1. The highest BCUT2D eigenvalue weighted by Crippen LogP contribution is 2.38. The molecular weight excluding hydrogens is 448 g/mol. The molecule has 0 aliphatic heterocycles. The molecule has 1 unspecified atom stereocenters. The molecule has 3 rings (SSSR count). The average molecular weight is 470 g/mol. The average Bonchev–Trinajstić information content (AvgIpc) is 2.80. The number of phenolic OH excluding ortho intramolecular Hbond substituents is 1. The van der Waals surface area contributed by atoms with E-state index in [-0.39, 0.29) is 0 Å². The van der Waals surface area contributed by atoms with Gasteiger partial charge in [-0.1, -0.05) is 43.7 Å². The Balaban J connectivity index is 0.000000242. The number of nitrogens with one attached hydrogen (secondary N) is 1. The van der Waals surface area contributed by atoms with Crippen LogP contribution in [-0.4, -0.2) is 35.9 Å². The zero-order valence-electron chi connectivity index (χ0n) is 18.1. The van der Waals surface area contributed by atoms with Crippen molar-refractivity contribution in [3.05, 3.63) is 96.8 Å². The van der Waals surface area contributed by atoms with E-state index in [1.807, 2.05) is 12.1 Å². The van der Waals surface area contributed by atoms with Gasteiger partial charge in [-0.3, -0.25) is 30.3 Å². The maximum atomic E-state index is 10.4. The molecule has 13 nitrogen and oxygen atoms in total. The second-order valence-electron chi connectivity index (χ2n) is 7.00. The van der Waals surface area contributed by atoms with Crippen LogP contribution >= 0.6 is 0 Å². The zero-order chi connectivity index (χ0) is 25.1. The van der Waals surface area contributed by atoms with Crippen molar-refractivity contribution in [1.29, 1.82) is 0 Å². The highest BCUT2D eigenvalue weighted by molar-refractivity contribution is 5.64. The summed E-state index contributed by atoms with van der Waals surface area (Å²) in [6.45, 7) is 2.20. The van der Waals surface area contributed by atoms with E-state index in [0.29, 0.717) is 24.1 Å². The monoisotopic (exact) mass is 470 g/mol. The van der Waals surface area contributed by atoms with Crippen molar-refractivity contribution in [1.82, 2.24) is 9.97 Å². The van der Waals surface area contributed by atoms with Crippen LogP contribution in [0.25, 0.3) is 0 Å². The predicted molar refractivity (Wildman–Crippen MR) is 123 cm³/mol. The van der Waals surface area contributed by atoms with Gasteiger partial charge >= 0.3 is 11.4 Å². The van der Waals surface area contributed by atoms with Crippen LogP contribution in [-0.2, 0) is 6.42 Å². The summed E-state index contributed by atoms with van der Waals surface area (Å²) in [4.78, 5) is 36.2. The molecule has 0 aliphatic rings. The Labute approximate surface area is 193 Å². The van der Waals surface area contributed by atoms with Crippen molar-refractivity contribution >= 4 is 23.0 Å². The smallest absolute Gasteiger partial charge is 0.324 e. The number of hydrogen-bond acceptors (Lipinski definition) is 10. The number of aromatic hydroxyl groups is 1. The summed E-state index contributed by atoms with van der Waals surface area (Å²) in [5.41, 5.74) is -1.66. The van der Waals surface area contributed by atoms with Crippen molar-refractivity contribution in [3.63, 3.8) is 0 Å². The summed E-state index contributed by atoms with van der Waals surface area (Å²) >= 11 is 0. The van der Waals surface area contributed by atoms with Crippen molar-refractivity contribution in [2.45, 2.75) is 32.2 Å². The number of hydrogen-bond donors (Lipinski definition) is 2. The molecule has 3 aromatic rings. The van der Waals surface area contributed by atoms with E-state index >= 15 is 0 Å². The molecule has 2 N–H and O–H groups in total. The van der Waals surface area contributed by atoms with Crippen molar-refractivity contribution in [3.8, 4) is 5.75 Å². The first-order valence-corrected chi connectivity index (χ1v) is 10.1. The molecule has 0 amide bonds. The first kappa shape index (κ1) is 25.6. The van der Waals surface area contributed by atoms with Gasteiger partial charge in [0, 0.05) is 18.4 Å². The number of rotatable bonds is 9. The van der Waals surface area contributed by atoms with Crippen molar-refractivity contribution in [2.75, 3.05) is 5.32 Å². The first-order valence-electron chi connectivity index (χ1n) is 10.1. The van der Waals surface area contributed by atoms with Gasteiger partial charge in [0.15, 0.2) is 0 Å². The fourth-order valence-corrected chi connectivity index (χ4v) is 3.00. The summed E-state index contributed by atoms with van der Waals surface area (Å²) in [5, 5.41) is 43.6. The molecule has 1 heterocycles. The van der Waals surface area contributed by atoms with Crippen LogP contribution in [0.2, 0.25) is 0 Å². The molecule has 0 aliphatic carbocycles. The molecule has 1 aromatic heterocycles. The number of aromatic nitrogens is 2. The fraction of sp³-hybridized carbons (Fsp3) is 0.238. The number of nitrogens with zero attached hydrogens (tertiary/aromatic N) is 5. The molecule has 13 heteroatoms. The lowest BCUT2D eigenvalue weighted by Gasteiger charge is -2.18. The summed E-state index contributed by atoms with van der Waals surface area (Å²) in [5.74, 6) is -0.493. The lowest BCUT2D eigenvalue weighted by molar-refractivity contribution is -0.404. The first-order chi connectivity index (χ1) is 16.2. The van der Waals surface area contributed by atoms with Crippen molar-refractivity contribution in [2.24, 2.45) is 0 Å². The van der Waals surface area contributed by atoms with Gasteiger partial charge in [-0.2, -0.15) is 0 Å². The third kappa shape index (κ3) is 7.47. The molecule has 0 saturated carbocycles. The molecule has 0 radical (unpaired) electrons. The van der Waals surface area contributed by atoms with Gasteiger partial charge in [0.05, 0.1) is 26.9 Å². The number of benzene rings is 2. The van der Waals surface area contributed by atoms with Gasteiger partial charge in [-0.15, -0.1) is 0 Å². The third-order valence-electron chi connectivity index (χ3n) is 4.52. The normalized spacial score (nSPS) is 11.0. The van der Waals surface area contributed by atoms with Crippen LogP contribution in [0.1, 0.15) is 25.3 Å². The largest absolute Gasteiger partial charge is 0.497 e. The van der Waals surface area contributed by atoms with Gasteiger partial charge in [-0.25, -0.2) is 9.97 Å². The highest BCUT2D eigenvalue weighted by atomic mass is 16.6. The minimum atomic E-state index is -1.21. The third-order valence-corrected chi connectivity index (χ3v) is 4.52. The van der Waals surface area contributed by atoms with E-state index in [1.54, 1.807) is 12.4 Å². The summed E-state index contributed by atoms with van der Waals surface area (Å²) < 4.78 is 0. The molecule has 1 atom stereocenters. The standard InChI is InChI=1S/C15H19N3.C6H3N3O7/c1-2-7-14(12-13-8-4-3-5-9-13)18-15-16-10-6-11-17-15;10-6-4(8(13)14)1-3(7(11)12)2-5(6)9(15)16/h3-6,8-11,14H,2,7,12H2,1H3,(H,16,17,18);1-2,10H. The Morgan fingerprint density at radius 1 is 0.912 bits per heavy atom. The number of nitro groups is 3. The molecule has 0 saturated heterocycles. The quantitative estimate of drug-likeness (QED) is 0.334. The predicted octanol–water partition coefficient (Wildman–Crippen LogP) is 4.42. The van der Waals surface area contributed by atoms with Gasteiger partial charge in [0.1, 0.15) is 0 Å². The molecule has 0 spiro atoms. The van der Waals surface area contributed by atoms with Crippen LogP contribution in [0, 0.1) is 30.3 Å². The second kappa shape index (κ2) is 12.4. The number of anilines is 1. The topological polar surface area (TPSA) is 187 Å². The Morgan fingerprint density at radius 2 is 1.47 bits per heavy atom. The van der Waals surface area contributed by atoms with E-state index in [2.05, 4.69) is 46.5 Å². The van der Waals surface area contributed by atoms with E-state index in [4.69, 9.17) is 5.11 Å². The van der Waals surface area contributed by atoms with Crippen LogP contribution in [0.15, 0.2) is 60.9 Å². The minimum absolute atomic E-state index is 0.389. The lowest BCUT2D eigenvalue weighted by atomic mass is 10.0. The Morgan fingerprint density at radius 3 is 1.94 bits per heavy atom. The van der Waals surface area contributed by atoms with Crippen LogP contribution in [0.5, 0.6) is 5.75 Å². The maximum Gasteiger partial charge on any atom is 0.324 e. The van der Waals surface area contributed by atoms with E-state index in [9.17, 15) is 30.3 Å². The molecule has 0 fully saturated rings. The summed E-state index contributed by atoms with van der Waals surface area (Å²) in [6, 6.07) is 13.6. The van der Waals surface area contributed by atoms with Crippen molar-refractivity contribution < 1.29 is 19.9 Å². The fourth-order valence-electron chi connectivity index (χ4n) is 3.00. The van der Waals surface area contributed by atoms with Crippen LogP contribution < -0.4 is 5.32 Å². The summed E-state index contributed by atoms with van der Waals surface area (Å²) in [7, 11) is 0. The van der Waals surface area contributed by atoms with E-state index in [1.165, 1.54) is 5.56 Å². The Hall–Kier alpha value is -4.68. The molecular formula is C21H22N6O7. The van der Waals surface area contributed by atoms with E-state index in [0.717, 1.165) is 19.3 Å². The van der Waals surface area contributed by atoms with Gasteiger partial charge in [0.25, 0.3) is 11.4 Å². The van der Waals surface area contributed by atoms with E-state index < -0.39 is 37.6 Å². The minimum Gasteiger partial charge on any atom is -0.497 e. The van der Waals surface area contributed by atoms with Gasteiger partial charge in [0.2, 0.25) is 5.95 Å². The maximum absolute atomic E-state index is 10.4. The summed E-state index contributed by atoms with van der Waals surface area (Å²) in [6.07, 6.45) is 6.80. The number of non-ortho nitro benzene ring substituents is 1. The molecule has 34 heavy (non-hydrogen) atoms. The van der Waals surface area contributed by atoms with Crippen LogP contribution in [0.4, 0.5) is 23.0 Å². The van der Waals surface area contributed by atoms with Gasteiger partial charge < -0.3 is 10.4 Å².